The third-order valence-electron chi connectivity index (χ3n) is 5.27. The Morgan fingerprint density at radius 1 is 0.972 bits per heavy atom. The highest BCUT2D eigenvalue weighted by Crippen LogP contribution is 2.17. The number of urea groups is 1. The van der Waals surface area contributed by atoms with Gasteiger partial charge in [-0.05, 0) is 57.2 Å². The first kappa shape index (κ1) is 30.9. The van der Waals surface area contributed by atoms with Crippen molar-refractivity contribution in [1.29, 1.82) is 0 Å². The minimum atomic E-state index is -0.810. The van der Waals surface area contributed by atoms with Crippen molar-refractivity contribution in [3.8, 4) is 0 Å². The van der Waals surface area contributed by atoms with E-state index in [4.69, 9.17) is 10.5 Å². The van der Waals surface area contributed by atoms with Crippen molar-refractivity contribution < 1.29 is 23.9 Å². The van der Waals surface area contributed by atoms with Gasteiger partial charge in [0, 0.05) is 18.3 Å². The SMILES string of the molecule is CC(C)NC(C(=O)NC(CCCNC(N)=O)C(=O)Nc1ccc(COC(=O)C(C)(C)C)cc1)C(C)C. The summed E-state index contributed by atoms with van der Waals surface area (Å²) in [6.07, 6.45) is 0.758. The first-order valence-corrected chi connectivity index (χ1v) is 12.4. The minimum Gasteiger partial charge on any atom is -0.460 e. The largest absolute Gasteiger partial charge is 0.460 e. The number of ether oxygens (including phenoxy) is 1. The Bertz CT molecular complexity index is 878. The van der Waals surface area contributed by atoms with Gasteiger partial charge in [0.05, 0.1) is 11.5 Å². The molecule has 2 atom stereocenters. The number of hydrogen-bond donors (Lipinski definition) is 5. The summed E-state index contributed by atoms with van der Waals surface area (Å²) in [7, 11) is 0. The number of anilines is 1. The topological polar surface area (TPSA) is 152 Å². The van der Waals surface area contributed by atoms with Crippen molar-refractivity contribution in [2.75, 3.05) is 11.9 Å². The maximum absolute atomic E-state index is 13.1. The molecule has 1 rings (SSSR count). The van der Waals surface area contributed by atoms with Crippen molar-refractivity contribution in [3.63, 3.8) is 0 Å². The smallest absolute Gasteiger partial charge is 0.312 e. The van der Waals surface area contributed by atoms with Crippen molar-refractivity contribution >= 4 is 29.5 Å². The molecule has 0 aliphatic heterocycles. The second-order valence-electron chi connectivity index (χ2n) is 10.5. The number of carbonyl (C=O) groups is 4. The van der Waals surface area contributed by atoms with E-state index in [9.17, 15) is 19.2 Å². The highest BCUT2D eigenvalue weighted by Gasteiger charge is 2.28. The van der Waals surface area contributed by atoms with Crippen molar-refractivity contribution in [3.05, 3.63) is 29.8 Å². The molecule has 0 fully saturated rings. The number of benzene rings is 1. The molecule has 1 aromatic carbocycles. The van der Waals surface area contributed by atoms with Crippen LogP contribution in [0.3, 0.4) is 0 Å². The second kappa shape index (κ2) is 14.4. The van der Waals surface area contributed by atoms with Crippen LogP contribution in [0, 0.1) is 11.3 Å². The molecule has 6 N–H and O–H groups in total. The summed E-state index contributed by atoms with van der Waals surface area (Å²) in [6.45, 7) is 13.6. The van der Waals surface area contributed by atoms with Gasteiger partial charge in [-0.3, -0.25) is 14.4 Å². The standard InChI is InChI=1S/C26H43N5O5/c1-16(2)21(29-17(3)4)23(33)31-20(9-8-14-28-25(27)35)22(32)30-19-12-10-18(11-13-19)15-36-24(34)26(5,6)7/h10-13,16-17,20-21,29H,8-9,14-15H2,1-7H3,(H,30,32)(H,31,33)(H3,27,28,35). The second-order valence-corrected chi connectivity index (χ2v) is 10.5. The zero-order chi connectivity index (χ0) is 27.5. The van der Waals surface area contributed by atoms with Crippen LogP contribution in [0.25, 0.3) is 0 Å². The number of rotatable bonds is 13. The first-order chi connectivity index (χ1) is 16.7. The maximum atomic E-state index is 13.1. The fourth-order valence-electron chi connectivity index (χ4n) is 3.26. The van der Waals surface area contributed by atoms with Gasteiger partial charge in [0.25, 0.3) is 0 Å². The zero-order valence-corrected chi connectivity index (χ0v) is 22.6. The summed E-state index contributed by atoms with van der Waals surface area (Å²) < 4.78 is 5.32. The normalized spacial score (nSPS) is 13.1. The molecule has 0 heterocycles. The molecule has 0 saturated heterocycles. The molecule has 0 radical (unpaired) electrons. The van der Waals surface area contributed by atoms with Gasteiger partial charge in [0.2, 0.25) is 11.8 Å². The van der Waals surface area contributed by atoms with Gasteiger partial charge in [-0.25, -0.2) is 4.79 Å². The van der Waals surface area contributed by atoms with Crippen molar-refractivity contribution in [2.45, 2.75) is 86.0 Å². The van der Waals surface area contributed by atoms with Crippen LogP contribution in [0.4, 0.5) is 10.5 Å². The van der Waals surface area contributed by atoms with Gasteiger partial charge < -0.3 is 31.7 Å². The fraction of sp³-hybridized carbons (Fsp3) is 0.615. The minimum absolute atomic E-state index is 0.0209. The lowest BCUT2D eigenvalue weighted by molar-refractivity contribution is -0.154. The monoisotopic (exact) mass is 505 g/mol. The lowest BCUT2D eigenvalue weighted by Crippen LogP contribution is -2.54. The third-order valence-corrected chi connectivity index (χ3v) is 5.27. The highest BCUT2D eigenvalue weighted by atomic mass is 16.5. The molecule has 10 nitrogen and oxygen atoms in total. The van der Waals surface area contributed by atoms with Crippen LogP contribution in [-0.4, -0.2) is 48.5 Å². The summed E-state index contributed by atoms with van der Waals surface area (Å²) in [5.74, 6) is -0.914. The molecule has 0 saturated carbocycles. The summed E-state index contributed by atoms with van der Waals surface area (Å²) in [6, 6.07) is 5.13. The van der Waals surface area contributed by atoms with E-state index in [2.05, 4.69) is 21.3 Å². The molecule has 0 aliphatic carbocycles. The Morgan fingerprint density at radius 3 is 2.08 bits per heavy atom. The highest BCUT2D eigenvalue weighted by molar-refractivity contribution is 5.97. The molecule has 2 unspecified atom stereocenters. The predicted molar refractivity (Wildman–Crippen MR) is 140 cm³/mol. The van der Waals surface area contributed by atoms with E-state index in [0.717, 1.165) is 5.56 Å². The van der Waals surface area contributed by atoms with E-state index in [1.165, 1.54) is 0 Å². The Kier molecular flexibility index (Phi) is 12.4. The summed E-state index contributed by atoms with van der Waals surface area (Å²) in [5.41, 5.74) is 5.85. The van der Waals surface area contributed by atoms with Crippen LogP contribution in [0.15, 0.2) is 24.3 Å². The molecule has 202 valence electrons. The number of nitrogens with one attached hydrogen (secondary N) is 4. The lowest BCUT2D eigenvalue weighted by atomic mass is 9.97. The van der Waals surface area contributed by atoms with Crippen LogP contribution < -0.4 is 27.0 Å². The van der Waals surface area contributed by atoms with Gasteiger partial charge in [0.1, 0.15) is 12.6 Å². The molecular weight excluding hydrogens is 462 g/mol. The van der Waals surface area contributed by atoms with E-state index in [0.29, 0.717) is 18.5 Å². The Labute approximate surface area is 214 Å². The van der Waals surface area contributed by atoms with E-state index in [1.54, 1.807) is 45.0 Å². The van der Waals surface area contributed by atoms with E-state index < -0.39 is 23.5 Å². The van der Waals surface area contributed by atoms with Gasteiger partial charge in [-0.2, -0.15) is 0 Å². The van der Waals surface area contributed by atoms with Crippen LogP contribution in [0.2, 0.25) is 0 Å². The summed E-state index contributed by atoms with van der Waals surface area (Å²) in [4.78, 5) is 49.0. The van der Waals surface area contributed by atoms with E-state index in [1.807, 2.05) is 27.7 Å². The molecule has 0 aromatic heterocycles. The number of esters is 1. The number of hydrogen-bond acceptors (Lipinski definition) is 6. The fourth-order valence-corrected chi connectivity index (χ4v) is 3.26. The summed E-state index contributed by atoms with van der Waals surface area (Å²) in [5, 5.41) is 11.4. The number of nitrogens with two attached hydrogens (primary N) is 1. The van der Waals surface area contributed by atoms with E-state index in [-0.39, 0.29) is 42.9 Å². The number of amides is 4. The zero-order valence-electron chi connectivity index (χ0n) is 22.6. The Hall–Kier alpha value is -3.14. The average molecular weight is 506 g/mol. The maximum Gasteiger partial charge on any atom is 0.312 e. The van der Waals surface area contributed by atoms with Crippen LogP contribution in [0.5, 0.6) is 0 Å². The van der Waals surface area contributed by atoms with Crippen molar-refractivity contribution in [2.24, 2.45) is 17.1 Å². The van der Waals surface area contributed by atoms with E-state index >= 15 is 0 Å². The lowest BCUT2D eigenvalue weighted by Gasteiger charge is -2.27. The molecule has 0 spiro atoms. The number of carbonyl (C=O) groups excluding carboxylic acids is 4. The van der Waals surface area contributed by atoms with Crippen molar-refractivity contribution in [1.82, 2.24) is 16.0 Å². The predicted octanol–water partition coefficient (Wildman–Crippen LogP) is 2.67. The Morgan fingerprint density at radius 2 is 1.58 bits per heavy atom. The molecule has 0 aliphatic rings. The van der Waals surface area contributed by atoms with Gasteiger partial charge >= 0.3 is 12.0 Å². The van der Waals surface area contributed by atoms with Gasteiger partial charge in [-0.15, -0.1) is 0 Å². The first-order valence-electron chi connectivity index (χ1n) is 12.4. The molecule has 1 aromatic rings. The third kappa shape index (κ3) is 11.5. The molecule has 10 heteroatoms. The van der Waals surface area contributed by atoms with Crippen LogP contribution in [-0.2, 0) is 25.7 Å². The quantitative estimate of drug-likeness (QED) is 0.205. The van der Waals surface area contributed by atoms with Crippen LogP contribution in [0.1, 0.15) is 66.9 Å². The Balaban J connectivity index is 2.86. The molecule has 0 bridgehead atoms. The molecule has 4 amide bonds. The van der Waals surface area contributed by atoms with Crippen LogP contribution >= 0.6 is 0 Å². The average Bonchev–Trinajstić information content (AvgIpc) is 2.77. The number of primary amides is 1. The van der Waals surface area contributed by atoms with Gasteiger partial charge in [0.15, 0.2) is 0 Å². The van der Waals surface area contributed by atoms with Gasteiger partial charge in [-0.1, -0.05) is 39.8 Å². The molecular formula is C26H43N5O5. The summed E-state index contributed by atoms with van der Waals surface area (Å²) >= 11 is 0. The molecule has 36 heavy (non-hydrogen) atoms.